The summed E-state index contributed by atoms with van der Waals surface area (Å²) < 4.78 is 7.10. The van der Waals surface area contributed by atoms with Crippen LogP contribution in [0.4, 0.5) is 0 Å². The van der Waals surface area contributed by atoms with E-state index in [9.17, 15) is 4.79 Å². The first-order chi connectivity index (χ1) is 9.59. The van der Waals surface area contributed by atoms with Crippen LogP contribution in [-0.2, 0) is 23.1 Å². The molecule has 2 N–H and O–H groups in total. The summed E-state index contributed by atoms with van der Waals surface area (Å²) in [6.07, 6.45) is 3.44. The average Bonchev–Trinajstić information content (AvgIpc) is 2.77. The predicted molar refractivity (Wildman–Crippen MR) is 76.2 cm³/mol. The number of hydrogen-bond acceptors (Lipinski definition) is 4. The Kier molecular flexibility index (Phi) is 4.77. The molecule has 1 fully saturated rings. The second-order valence-corrected chi connectivity index (χ2v) is 5.52. The van der Waals surface area contributed by atoms with Crippen molar-refractivity contribution in [2.24, 2.45) is 12.5 Å². The number of hydrogen-bond donors (Lipinski definition) is 2. The Hall–Kier alpha value is -1.40. The molecule has 0 atom stereocenters. The maximum absolute atomic E-state index is 12.6. The Morgan fingerprint density at radius 3 is 2.80 bits per heavy atom. The Morgan fingerprint density at radius 2 is 2.25 bits per heavy atom. The highest BCUT2D eigenvalue weighted by atomic mass is 16.5. The number of methoxy groups -OCH3 is 1. The molecule has 2 rings (SSSR count). The fourth-order valence-electron chi connectivity index (χ4n) is 2.70. The van der Waals surface area contributed by atoms with Crippen LogP contribution in [0.5, 0.6) is 0 Å². The summed E-state index contributed by atoms with van der Waals surface area (Å²) in [5.41, 5.74) is 1.74. The van der Waals surface area contributed by atoms with E-state index in [4.69, 9.17) is 4.74 Å². The number of aryl methyl sites for hydroxylation is 1. The van der Waals surface area contributed by atoms with E-state index >= 15 is 0 Å². The molecular formula is C14H24N4O2. The van der Waals surface area contributed by atoms with Gasteiger partial charge in [0.2, 0.25) is 5.91 Å². The summed E-state index contributed by atoms with van der Waals surface area (Å²) in [5.74, 6) is 0.0871. The van der Waals surface area contributed by atoms with E-state index in [2.05, 4.69) is 15.7 Å². The van der Waals surface area contributed by atoms with Gasteiger partial charge in [-0.1, -0.05) is 0 Å². The lowest BCUT2D eigenvalue weighted by molar-refractivity contribution is -0.136. The van der Waals surface area contributed by atoms with Crippen molar-refractivity contribution in [3.8, 4) is 0 Å². The Morgan fingerprint density at radius 1 is 1.55 bits per heavy atom. The summed E-state index contributed by atoms with van der Waals surface area (Å²) in [6, 6.07) is 0. The highest BCUT2D eigenvalue weighted by Gasteiger charge is 2.39. The minimum Gasteiger partial charge on any atom is -0.384 e. The smallest absolute Gasteiger partial charge is 0.228 e. The van der Waals surface area contributed by atoms with E-state index in [-0.39, 0.29) is 5.91 Å². The standard InChI is InChI=1S/C14H24N4O2/c1-11-12(9-17-18(11)2)8-16-13(19)14(10-20-3)4-6-15-7-5-14/h9,15H,4-8,10H2,1-3H3,(H,16,19). The van der Waals surface area contributed by atoms with E-state index in [1.807, 2.05) is 18.7 Å². The number of nitrogens with zero attached hydrogens (tertiary/aromatic N) is 2. The molecule has 1 aliphatic heterocycles. The lowest BCUT2D eigenvalue weighted by Gasteiger charge is -2.35. The van der Waals surface area contributed by atoms with Crippen LogP contribution in [0, 0.1) is 12.3 Å². The van der Waals surface area contributed by atoms with Crippen molar-refractivity contribution in [3.05, 3.63) is 17.5 Å². The molecule has 0 bridgehead atoms. The highest BCUT2D eigenvalue weighted by Crippen LogP contribution is 2.29. The monoisotopic (exact) mass is 280 g/mol. The number of nitrogens with one attached hydrogen (secondary N) is 2. The zero-order chi connectivity index (χ0) is 14.6. The molecule has 1 amide bonds. The quantitative estimate of drug-likeness (QED) is 0.817. The number of rotatable bonds is 5. The van der Waals surface area contributed by atoms with Gasteiger partial charge in [0.05, 0.1) is 18.2 Å². The Labute approximate surface area is 119 Å². The molecular weight excluding hydrogens is 256 g/mol. The van der Waals surface area contributed by atoms with E-state index in [0.29, 0.717) is 13.2 Å². The third-order valence-electron chi connectivity index (χ3n) is 4.24. The topological polar surface area (TPSA) is 68.2 Å². The molecule has 20 heavy (non-hydrogen) atoms. The maximum atomic E-state index is 12.6. The molecule has 0 aromatic carbocycles. The van der Waals surface area contributed by atoms with Gasteiger partial charge in [0.1, 0.15) is 0 Å². The maximum Gasteiger partial charge on any atom is 0.228 e. The number of aromatic nitrogens is 2. The average molecular weight is 280 g/mol. The third-order valence-corrected chi connectivity index (χ3v) is 4.24. The fourth-order valence-corrected chi connectivity index (χ4v) is 2.70. The number of carbonyl (C=O) groups is 1. The van der Waals surface area contributed by atoms with Gasteiger partial charge in [-0.15, -0.1) is 0 Å². The van der Waals surface area contributed by atoms with Crippen LogP contribution >= 0.6 is 0 Å². The lowest BCUT2D eigenvalue weighted by atomic mass is 9.78. The van der Waals surface area contributed by atoms with Crippen LogP contribution in [0.2, 0.25) is 0 Å². The van der Waals surface area contributed by atoms with E-state index in [1.54, 1.807) is 13.3 Å². The van der Waals surface area contributed by atoms with Crippen LogP contribution in [0.1, 0.15) is 24.1 Å². The zero-order valence-corrected chi connectivity index (χ0v) is 12.5. The first-order valence-corrected chi connectivity index (χ1v) is 7.04. The molecule has 0 saturated carbocycles. The van der Waals surface area contributed by atoms with Crippen LogP contribution in [0.3, 0.4) is 0 Å². The lowest BCUT2D eigenvalue weighted by Crippen LogP contribution is -2.50. The van der Waals surface area contributed by atoms with Crippen molar-refractivity contribution in [1.29, 1.82) is 0 Å². The van der Waals surface area contributed by atoms with Crippen molar-refractivity contribution in [3.63, 3.8) is 0 Å². The van der Waals surface area contributed by atoms with Crippen molar-refractivity contribution in [1.82, 2.24) is 20.4 Å². The summed E-state index contributed by atoms with van der Waals surface area (Å²) >= 11 is 0. The number of piperidine rings is 1. The third kappa shape index (κ3) is 3.02. The van der Waals surface area contributed by atoms with Gasteiger partial charge >= 0.3 is 0 Å². The molecule has 0 radical (unpaired) electrons. The van der Waals surface area contributed by atoms with E-state index < -0.39 is 5.41 Å². The molecule has 6 nitrogen and oxygen atoms in total. The van der Waals surface area contributed by atoms with Gasteiger partial charge in [0, 0.05) is 32.0 Å². The zero-order valence-electron chi connectivity index (χ0n) is 12.5. The molecule has 1 aromatic rings. The van der Waals surface area contributed by atoms with E-state index in [0.717, 1.165) is 37.2 Å². The SMILES string of the molecule is COCC1(C(=O)NCc2cnn(C)c2C)CCNCC1. The van der Waals surface area contributed by atoms with Crippen LogP contribution in [-0.4, -0.2) is 42.5 Å². The van der Waals surface area contributed by atoms with Gasteiger partial charge in [-0.2, -0.15) is 5.10 Å². The largest absolute Gasteiger partial charge is 0.384 e. The van der Waals surface area contributed by atoms with Crippen LogP contribution in [0.25, 0.3) is 0 Å². The molecule has 0 aliphatic carbocycles. The van der Waals surface area contributed by atoms with Crippen molar-refractivity contribution in [2.75, 3.05) is 26.8 Å². The van der Waals surface area contributed by atoms with E-state index in [1.165, 1.54) is 0 Å². The van der Waals surface area contributed by atoms with Crippen molar-refractivity contribution in [2.45, 2.75) is 26.3 Å². The second-order valence-electron chi connectivity index (χ2n) is 5.52. The number of amides is 1. The summed E-state index contributed by atoms with van der Waals surface area (Å²) in [5, 5.41) is 10.5. The van der Waals surface area contributed by atoms with Crippen molar-refractivity contribution >= 4 is 5.91 Å². The molecule has 1 aliphatic rings. The molecule has 112 valence electrons. The van der Waals surface area contributed by atoms with Gasteiger partial charge in [-0.3, -0.25) is 9.48 Å². The molecule has 0 spiro atoms. The van der Waals surface area contributed by atoms with Gasteiger partial charge in [-0.25, -0.2) is 0 Å². The van der Waals surface area contributed by atoms with Crippen molar-refractivity contribution < 1.29 is 9.53 Å². The second kappa shape index (κ2) is 6.37. The predicted octanol–water partition coefficient (Wildman–Crippen LogP) is 0.361. The minimum atomic E-state index is -0.393. The summed E-state index contributed by atoms with van der Waals surface area (Å²) in [7, 11) is 3.56. The Balaban J connectivity index is 2.00. The van der Waals surface area contributed by atoms with Gasteiger partial charge in [0.15, 0.2) is 0 Å². The molecule has 1 saturated heterocycles. The fraction of sp³-hybridized carbons (Fsp3) is 0.714. The van der Waals surface area contributed by atoms with Gasteiger partial charge in [-0.05, 0) is 32.9 Å². The molecule has 6 heteroatoms. The first-order valence-electron chi connectivity index (χ1n) is 7.04. The van der Waals surface area contributed by atoms with Gasteiger partial charge in [0.25, 0.3) is 0 Å². The number of ether oxygens (including phenoxy) is 1. The molecule has 2 heterocycles. The molecule has 0 unspecified atom stereocenters. The highest BCUT2D eigenvalue weighted by molar-refractivity contribution is 5.83. The minimum absolute atomic E-state index is 0.0871. The Bertz CT molecular complexity index is 458. The van der Waals surface area contributed by atoms with Crippen LogP contribution in [0.15, 0.2) is 6.20 Å². The van der Waals surface area contributed by atoms with Gasteiger partial charge < -0.3 is 15.4 Å². The normalized spacial score (nSPS) is 17.9. The summed E-state index contributed by atoms with van der Waals surface area (Å²) in [4.78, 5) is 12.6. The molecule has 1 aromatic heterocycles. The van der Waals surface area contributed by atoms with Crippen LogP contribution < -0.4 is 10.6 Å². The summed E-state index contributed by atoms with van der Waals surface area (Å²) in [6.45, 7) is 4.74. The number of carbonyl (C=O) groups excluding carboxylic acids is 1. The first kappa shape index (κ1) is 15.0.